The zero-order chi connectivity index (χ0) is 29.7. The first-order chi connectivity index (χ1) is 18.2. The molecule has 12 heteroatoms. The standard InChI is InChI=1S/C27H44N4O8/c1-9-19-27(7)22(31(25(36)39-27)13-11-10-12-29-30-28)16(3)20(32)15(2)14-26(6,37-8)23(34)17(4)21(33)18(5)24(35)38-19/h15-19,22-23,34H,9-14H2,1-8H3/t15-,16+,17+,18-,19-,22-,23-,26+,27-/m1/s1. The highest BCUT2D eigenvalue weighted by Crippen LogP contribution is 2.42. The second kappa shape index (κ2) is 13.1. The fourth-order valence-electron chi connectivity index (χ4n) is 6.17. The maximum atomic E-state index is 13.9. The maximum Gasteiger partial charge on any atom is 0.410 e. The van der Waals surface area contributed by atoms with E-state index in [2.05, 4.69) is 10.0 Å². The molecule has 2 aliphatic heterocycles. The molecule has 0 aromatic rings. The minimum absolute atomic E-state index is 0.117. The Morgan fingerprint density at radius 1 is 1.10 bits per heavy atom. The summed E-state index contributed by atoms with van der Waals surface area (Å²) in [4.78, 5) is 57.7. The lowest BCUT2D eigenvalue weighted by molar-refractivity contribution is -0.174. The summed E-state index contributed by atoms with van der Waals surface area (Å²) >= 11 is 0. The minimum Gasteiger partial charge on any atom is -0.458 e. The highest BCUT2D eigenvalue weighted by molar-refractivity contribution is 6.00. The van der Waals surface area contributed by atoms with Crippen LogP contribution in [0.25, 0.3) is 10.4 Å². The van der Waals surface area contributed by atoms with Crippen molar-refractivity contribution in [2.45, 2.75) is 104 Å². The molecule has 2 rings (SSSR count). The molecule has 2 fully saturated rings. The third kappa shape index (κ3) is 6.56. The fraction of sp³-hybridized carbons (Fsp3) is 0.852. The summed E-state index contributed by atoms with van der Waals surface area (Å²) in [5.41, 5.74) is 5.91. The van der Waals surface area contributed by atoms with Gasteiger partial charge in [0.2, 0.25) is 0 Å². The lowest BCUT2D eigenvalue weighted by atomic mass is 9.73. The van der Waals surface area contributed by atoms with Crippen molar-refractivity contribution in [3.8, 4) is 0 Å². The van der Waals surface area contributed by atoms with Gasteiger partial charge in [0.15, 0.2) is 11.4 Å². The predicted molar refractivity (Wildman–Crippen MR) is 142 cm³/mol. The van der Waals surface area contributed by atoms with Gasteiger partial charge in [0.05, 0.1) is 17.7 Å². The Balaban J connectivity index is 2.59. The quantitative estimate of drug-likeness (QED) is 0.124. The van der Waals surface area contributed by atoms with Crippen molar-refractivity contribution in [3.05, 3.63) is 10.4 Å². The molecule has 1 N–H and O–H groups in total. The summed E-state index contributed by atoms with van der Waals surface area (Å²) in [5.74, 6) is -4.95. The molecule has 0 saturated carbocycles. The predicted octanol–water partition coefficient (Wildman–Crippen LogP) is 3.83. The molecule has 0 aliphatic carbocycles. The van der Waals surface area contributed by atoms with E-state index in [0.29, 0.717) is 12.8 Å². The Kier molecular flexibility index (Phi) is 10.9. The number of hydrogen-bond donors (Lipinski definition) is 1. The molecule has 9 atom stereocenters. The maximum absolute atomic E-state index is 13.9. The number of unbranched alkanes of at least 4 members (excludes halogenated alkanes) is 1. The van der Waals surface area contributed by atoms with Crippen LogP contribution < -0.4 is 0 Å². The summed E-state index contributed by atoms with van der Waals surface area (Å²) < 4.78 is 17.4. The number of ketones is 2. The van der Waals surface area contributed by atoms with Gasteiger partial charge >= 0.3 is 12.1 Å². The number of ether oxygens (including phenoxy) is 3. The average molecular weight is 553 g/mol. The Hall–Kier alpha value is -2.69. The lowest BCUT2D eigenvalue weighted by Crippen LogP contribution is -2.58. The van der Waals surface area contributed by atoms with E-state index in [4.69, 9.17) is 19.7 Å². The number of nitrogens with zero attached hydrogens (tertiary/aromatic N) is 4. The van der Waals surface area contributed by atoms with Gasteiger partial charge in [0.1, 0.15) is 17.8 Å². The summed E-state index contributed by atoms with van der Waals surface area (Å²) in [6.45, 7) is 12.0. The van der Waals surface area contributed by atoms with Crippen molar-refractivity contribution in [1.82, 2.24) is 4.90 Å². The molecule has 2 aliphatic rings. The van der Waals surface area contributed by atoms with Crippen LogP contribution >= 0.6 is 0 Å². The number of Topliss-reactive ketones (excluding diaryl/α,β-unsaturated/α-hetero) is 2. The smallest absolute Gasteiger partial charge is 0.410 e. The van der Waals surface area contributed by atoms with Gasteiger partial charge in [0.25, 0.3) is 0 Å². The highest BCUT2D eigenvalue weighted by Gasteiger charge is 2.60. The number of carbonyl (C=O) groups excluding carboxylic acids is 4. The topological polar surface area (TPSA) is 168 Å². The summed E-state index contributed by atoms with van der Waals surface area (Å²) in [7, 11) is 1.41. The first-order valence-electron chi connectivity index (χ1n) is 13.7. The van der Waals surface area contributed by atoms with Crippen LogP contribution in [0.1, 0.15) is 74.1 Å². The molecule has 0 aromatic carbocycles. The molecule has 2 saturated heterocycles. The molecule has 0 unspecified atom stereocenters. The van der Waals surface area contributed by atoms with E-state index in [0.717, 1.165) is 0 Å². The zero-order valence-electron chi connectivity index (χ0n) is 24.4. The Bertz CT molecular complexity index is 985. The number of methoxy groups -OCH3 is 1. The Labute approximate surface area is 230 Å². The number of cyclic esters (lactones) is 1. The number of rotatable bonds is 7. The van der Waals surface area contributed by atoms with Crippen molar-refractivity contribution < 1.29 is 38.5 Å². The summed E-state index contributed by atoms with van der Waals surface area (Å²) in [6, 6.07) is -0.774. The van der Waals surface area contributed by atoms with Gasteiger partial charge in [-0.3, -0.25) is 14.4 Å². The monoisotopic (exact) mass is 552 g/mol. The number of fused-ring (bicyclic) bond motifs is 1. The van der Waals surface area contributed by atoms with E-state index in [-0.39, 0.29) is 31.7 Å². The molecule has 0 radical (unpaired) electrons. The largest absolute Gasteiger partial charge is 0.458 e. The number of aliphatic hydroxyl groups excluding tert-OH is 1. The van der Waals surface area contributed by atoms with Gasteiger partial charge in [0, 0.05) is 42.9 Å². The van der Waals surface area contributed by atoms with Crippen molar-refractivity contribution >= 4 is 23.6 Å². The van der Waals surface area contributed by atoms with Crippen LogP contribution in [0.3, 0.4) is 0 Å². The fourth-order valence-corrected chi connectivity index (χ4v) is 6.17. The molecule has 220 valence electrons. The third-order valence-corrected chi connectivity index (χ3v) is 8.62. The van der Waals surface area contributed by atoms with Gasteiger partial charge in [-0.15, -0.1) is 0 Å². The van der Waals surface area contributed by atoms with Gasteiger partial charge in [-0.2, -0.15) is 0 Å². The number of carbonyl (C=O) groups is 4. The number of esters is 1. The van der Waals surface area contributed by atoms with Crippen LogP contribution in [-0.2, 0) is 28.6 Å². The SMILES string of the molecule is CC[C@H]1OC(=O)[C@H](C)C(=O)[C@H](C)[C@@H](O)[C@@](C)(OC)C[C@@H](C)C(=O)[C@H](C)[C@H]2N(CCCCN=[N+]=[N-])C(=O)O[C@]12C. The first-order valence-corrected chi connectivity index (χ1v) is 13.7. The first kappa shape index (κ1) is 32.5. The highest BCUT2D eigenvalue weighted by atomic mass is 16.6. The second-order valence-electron chi connectivity index (χ2n) is 11.4. The number of aliphatic hydroxyl groups is 1. The van der Waals surface area contributed by atoms with Crippen LogP contribution in [0.4, 0.5) is 4.79 Å². The van der Waals surface area contributed by atoms with E-state index in [1.165, 1.54) is 25.9 Å². The van der Waals surface area contributed by atoms with E-state index in [9.17, 15) is 24.3 Å². The Morgan fingerprint density at radius 3 is 2.31 bits per heavy atom. The number of hydrogen-bond acceptors (Lipinski definition) is 9. The summed E-state index contributed by atoms with van der Waals surface area (Å²) in [5, 5.41) is 14.7. The van der Waals surface area contributed by atoms with Crippen LogP contribution in [0.5, 0.6) is 0 Å². The van der Waals surface area contributed by atoms with Crippen molar-refractivity contribution in [1.29, 1.82) is 0 Å². The molecule has 2 heterocycles. The third-order valence-electron chi connectivity index (χ3n) is 8.62. The molecule has 1 amide bonds. The minimum atomic E-state index is -1.37. The van der Waals surface area contributed by atoms with E-state index in [1.807, 2.05) is 0 Å². The lowest BCUT2D eigenvalue weighted by Gasteiger charge is -2.42. The van der Waals surface area contributed by atoms with Gasteiger partial charge in [-0.05, 0) is 52.0 Å². The molecular formula is C27H44N4O8. The van der Waals surface area contributed by atoms with Crippen LogP contribution in [-0.4, -0.2) is 83.3 Å². The van der Waals surface area contributed by atoms with Crippen molar-refractivity contribution in [2.75, 3.05) is 20.2 Å². The molecule has 0 aromatic heterocycles. The van der Waals surface area contributed by atoms with Gasteiger partial charge in [-0.25, -0.2) is 4.79 Å². The van der Waals surface area contributed by atoms with Crippen molar-refractivity contribution in [3.63, 3.8) is 0 Å². The van der Waals surface area contributed by atoms with Crippen LogP contribution in [0, 0.1) is 23.7 Å². The second-order valence-corrected chi connectivity index (χ2v) is 11.4. The van der Waals surface area contributed by atoms with Gasteiger partial charge in [-0.1, -0.05) is 32.8 Å². The van der Waals surface area contributed by atoms with E-state index in [1.54, 1.807) is 34.6 Å². The molecule has 0 spiro atoms. The summed E-state index contributed by atoms with van der Waals surface area (Å²) in [6.07, 6.45) is -1.42. The molecule has 12 nitrogen and oxygen atoms in total. The van der Waals surface area contributed by atoms with E-state index < -0.39 is 71.0 Å². The zero-order valence-corrected chi connectivity index (χ0v) is 24.4. The molecular weight excluding hydrogens is 508 g/mol. The van der Waals surface area contributed by atoms with E-state index >= 15 is 0 Å². The molecule has 0 bridgehead atoms. The normalized spacial score (nSPS) is 38.4. The van der Waals surface area contributed by atoms with Crippen LogP contribution in [0.15, 0.2) is 5.11 Å². The van der Waals surface area contributed by atoms with Crippen molar-refractivity contribution in [2.24, 2.45) is 28.8 Å². The molecule has 39 heavy (non-hydrogen) atoms. The number of azide groups is 1. The number of amides is 1. The van der Waals surface area contributed by atoms with Gasteiger partial charge < -0.3 is 24.2 Å². The average Bonchev–Trinajstić information content (AvgIpc) is 3.17. The Morgan fingerprint density at radius 2 is 1.74 bits per heavy atom. The van der Waals surface area contributed by atoms with Crippen LogP contribution in [0.2, 0.25) is 0 Å².